The van der Waals surface area contributed by atoms with Crippen LogP contribution >= 0.6 is 27.5 Å². The van der Waals surface area contributed by atoms with Crippen molar-refractivity contribution in [3.63, 3.8) is 0 Å². The van der Waals surface area contributed by atoms with Gasteiger partial charge < -0.3 is 15.4 Å². The molecule has 1 heterocycles. The zero-order valence-electron chi connectivity index (χ0n) is 11.8. The first-order valence-electron chi connectivity index (χ1n) is 6.39. The number of rotatable bonds is 6. The van der Waals surface area contributed by atoms with Gasteiger partial charge in [0, 0.05) is 18.6 Å². The fourth-order valence-corrected chi connectivity index (χ4v) is 2.40. The predicted octanol–water partition coefficient (Wildman–Crippen LogP) is 3.14. The first-order chi connectivity index (χ1) is 11.3. The van der Waals surface area contributed by atoms with Crippen molar-refractivity contribution >= 4 is 50.6 Å². The SMILES string of the molecule is O=C(CCn1cc(Br)c([N+](=O)[O-])n1)Nc1cc([N+](=O)[O-])ccc1Cl. The number of hydrogen-bond acceptors (Lipinski definition) is 6. The molecule has 1 N–H and O–H groups in total. The fourth-order valence-electron chi connectivity index (χ4n) is 1.78. The van der Waals surface area contributed by atoms with Crippen molar-refractivity contribution in [2.45, 2.75) is 13.0 Å². The molecule has 0 aliphatic rings. The van der Waals surface area contributed by atoms with Gasteiger partial charge in [-0.05, 0) is 26.9 Å². The van der Waals surface area contributed by atoms with Crippen molar-refractivity contribution in [3.05, 3.63) is 54.1 Å². The van der Waals surface area contributed by atoms with Gasteiger partial charge in [-0.15, -0.1) is 0 Å². The molecule has 0 saturated heterocycles. The van der Waals surface area contributed by atoms with Crippen molar-refractivity contribution in [3.8, 4) is 0 Å². The second kappa shape index (κ2) is 7.36. The third-order valence-electron chi connectivity index (χ3n) is 2.87. The lowest BCUT2D eigenvalue weighted by molar-refractivity contribution is -0.390. The normalized spacial score (nSPS) is 10.4. The summed E-state index contributed by atoms with van der Waals surface area (Å²) in [5.41, 5.74) is -0.0928. The Morgan fingerprint density at radius 3 is 2.62 bits per heavy atom. The second-order valence-electron chi connectivity index (χ2n) is 4.54. The molecular weight excluding hydrogens is 410 g/mol. The third kappa shape index (κ3) is 4.26. The summed E-state index contributed by atoms with van der Waals surface area (Å²) < 4.78 is 1.45. The highest BCUT2D eigenvalue weighted by atomic mass is 79.9. The minimum Gasteiger partial charge on any atom is -0.358 e. The molecule has 0 aliphatic carbocycles. The standard InChI is InChI=1S/C12H9BrClN5O5/c13-8-6-17(16-12(8)19(23)24)4-3-11(20)15-10-5-7(18(21)22)1-2-9(10)14/h1-2,5-6H,3-4H2,(H,15,20). The highest BCUT2D eigenvalue weighted by Crippen LogP contribution is 2.27. The van der Waals surface area contributed by atoms with E-state index in [0.717, 1.165) is 6.07 Å². The van der Waals surface area contributed by atoms with Gasteiger partial charge in [0.15, 0.2) is 0 Å². The van der Waals surface area contributed by atoms with Gasteiger partial charge in [0.1, 0.15) is 4.47 Å². The highest BCUT2D eigenvalue weighted by molar-refractivity contribution is 9.10. The highest BCUT2D eigenvalue weighted by Gasteiger charge is 2.19. The van der Waals surface area contributed by atoms with E-state index in [0.29, 0.717) is 0 Å². The zero-order chi connectivity index (χ0) is 17.9. The average Bonchev–Trinajstić information content (AvgIpc) is 2.88. The molecule has 12 heteroatoms. The summed E-state index contributed by atoms with van der Waals surface area (Å²) in [5, 5.41) is 27.8. The average molecular weight is 419 g/mol. The molecular formula is C12H9BrClN5O5. The number of non-ortho nitro benzene ring substituents is 1. The van der Waals surface area contributed by atoms with E-state index < -0.39 is 15.8 Å². The number of halogens is 2. The number of anilines is 1. The molecule has 1 aromatic carbocycles. The summed E-state index contributed by atoms with van der Waals surface area (Å²) in [5.74, 6) is -0.816. The number of aryl methyl sites for hydroxylation is 1. The van der Waals surface area contributed by atoms with Gasteiger partial charge in [-0.1, -0.05) is 11.6 Å². The summed E-state index contributed by atoms with van der Waals surface area (Å²) in [7, 11) is 0. The number of amides is 1. The van der Waals surface area contributed by atoms with E-state index in [-0.39, 0.29) is 39.7 Å². The molecule has 1 amide bonds. The van der Waals surface area contributed by atoms with E-state index in [1.807, 2.05) is 0 Å². The van der Waals surface area contributed by atoms with E-state index in [1.165, 1.54) is 23.0 Å². The molecule has 24 heavy (non-hydrogen) atoms. The van der Waals surface area contributed by atoms with Gasteiger partial charge >= 0.3 is 5.82 Å². The van der Waals surface area contributed by atoms with Crippen LogP contribution in [0.2, 0.25) is 5.02 Å². The lowest BCUT2D eigenvalue weighted by Gasteiger charge is -2.06. The number of nitro benzene ring substituents is 1. The van der Waals surface area contributed by atoms with Crippen molar-refractivity contribution in [1.82, 2.24) is 9.78 Å². The third-order valence-corrected chi connectivity index (χ3v) is 3.76. The Kier molecular flexibility index (Phi) is 5.46. The van der Waals surface area contributed by atoms with Crippen LogP contribution in [0, 0.1) is 20.2 Å². The molecule has 0 fully saturated rings. The van der Waals surface area contributed by atoms with E-state index in [1.54, 1.807) is 0 Å². The molecule has 0 radical (unpaired) electrons. The zero-order valence-corrected chi connectivity index (χ0v) is 14.2. The summed E-state index contributed by atoms with van der Waals surface area (Å²) in [4.78, 5) is 32.1. The topological polar surface area (TPSA) is 133 Å². The van der Waals surface area contributed by atoms with Gasteiger partial charge in [-0.2, -0.15) is 4.68 Å². The van der Waals surface area contributed by atoms with Crippen molar-refractivity contribution < 1.29 is 14.6 Å². The molecule has 1 aromatic heterocycles. The summed E-state index contributed by atoms with van der Waals surface area (Å²) in [6, 6.07) is 3.68. The molecule has 0 atom stereocenters. The van der Waals surface area contributed by atoms with Crippen LogP contribution in [0.15, 0.2) is 28.9 Å². The molecule has 0 aliphatic heterocycles. The van der Waals surface area contributed by atoms with Gasteiger partial charge in [0.2, 0.25) is 5.91 Å². The minimum absolute atomic E-state index is 0.0513. The van der Waals surface area contributed by atoms with Gasteiger partial charge in [0.05, 0.1) is 33.5 Å². The Morgan fingerprint density at radius 2 is 2.04 bits per heavy atom. The molecule has 0 spiro atoms. The summed E-state index contributed by atoms with van der Waals surface area (Å²) in [6.45, 7) is 0.0881. The summed E-state index contributed by atoms with van der Waals surface area (Å²) in [6.07, 6.45) is 1.33. The van der Waals surface area contributed by atoms with Crippen LogP contribution in [0.5, 0.6) is 0 Å². The molecule has 0 saturated carbocycles. The Morgan fingerprint density at radius 1 is 1.33 bits per heavy atom. The monoisotopic (exact) mass is 417 g/mol. The van der Waals surface area contributed by atoms with Crippen molar-refractivity contribution in [1.29, 1.82) is 0 Å². The van der Waals surface area contributed by atoms with Crippen LogP contribution in [-0.2, 0) is 11.3 Å². The molecule has 126 valence electrons. The number of nitro groups is 2. The van der Waals surface area contributed by atoms with Crippen LogP contribution in [0.25, 0.3) is 0 Å². The second-order valence-corrected chi connectivity index (χ2v) is 5.80. The lowest BCUT2D eigenvalue weighted by Crippen LogP contribution is -2.15. The first-order valence-corrected chi connectivity index (χ1v) is 7.56. The minimum atomic E-state index is -0.649. The molecule has 0 bridgehead atoms. The molecule has 2 rings (SSSR count). The Labute approximate surface area is 147 Å². The van der Waals surface area contributed by atoms with Crippen LogP contribution < -0.4 is 5.32 Å². The number of nitrogens with one attached hydrogen (secondary N) is 1. The Balaban J connectivity index is 2.01. The fraction of sp³-hybridized carbons (Fsp3) is 0.167. The van der Waals surface area contributed by atoms with Gasteiger partial charge in [-0.25, -0.2) is 0 Å². The van der Waals surface area contributed by atoms with Crippen molar-refractivity contribution in [2.75, 3.05) is 5.32 Å². The van der Waals surface area contributed by atoms with Crippen LogP contribution in [0.1, 0.15) is 6.42 Å². The number of carbonyl (C=O) groups is 1. The quantitative estimate of drug-likeness (QED) is 0.566. The number of carbonyl (C=O) groups excluding carboxylic acids is 1. The van der Waals surface area contributed by atoms with Crippen LogP contribution in [0.4, 0.5) is 17.2 Å². The maximum Gasteiger partial charge on any atom is 0.404 e. The number of hydrogen-bond donors (Lipinski definition) is 1. The predicted molar refractivity (Wildman–Crippen MR) is 87.9 cm³/mol. The smallest absolute Gasteiger partial charge is 0.358 e. The Hall–Kier alpha value is -2.53. The van der Waals surface area contributed by atoms with Crippen molar-refractivity contribution in [2.24, 2.45) is 0 Å². The summed E-state index contributed by atoms with van der Waals surface area (Å²) >= 11 is 8.89. The van der Waals surface area contributed by atoms with Gasteiger partial charge in [-0.3, -0.25) is 14.9 Å². The van der Waals surface area contributed by atoms with E-state index in [9.17, 15) is 25.0 Å². The number of aromatic nitrogens is 2. The van der Waals surface area contributed by atoms with Gasteiger partial charge in [0.25, 0.3) is 5.69 Å². The van der Waals surface area contributed by atoms with E-state index in [4.69, 9.17) is 11.6 Å². The van der Waals surface area contributed by atoms with E-state index in [2.05, 4.69) is 26.3 Å². The number of nitrogens with zero attached hydrogens (tertiary/aromatic N) is 4. The Bertz CT molecular complexity index is 824. The largest absolute Gasteiger partial charge is 0.404 e. The molecule has 2 aromatic rings. The number of benzene rings is 1. The van der Waals surface area contributed by atoms with E-state index >= 15 is 0 Å². The maximum atomic E-state index is 11.9. The lowest BCUT2D eigenvalue weighted by atomic mass is 10.2. The van der Waals surface area contributed by atoms with Crippen LogP contribution in [0.3, 0.4) is 0 Å². The maximum absolute atomic E-state index is 11.9. The molecule has 10 nitrogen and oxygen atoms in total. The first kappa shape index (κ1) is 17.8. The molecule has 0 unspecified atom stereocenters. The van der Waals surface area contributed by atoms with Crippen LogP contribution in [-0.4, -0.2) is 25.5 Å².